The van der Waals surface area contributed by atoms with Crippen molar-refractivity contribution in [2.45, 2.75) is 5.41 Å². The molecule has 3 heterocycles. The zero-order valence-corrected chi connectivity index (χ0v) is 47.4. The second kappa shape index (κ2) is 19.6. The number of furan rings is 1. The van der Waals surface area contributed by atoms with Gasteiger partial charge in [0.25, 0.3) is 0 Å². The highest BCUT2D eigenvalue weighted by atomic mass is 35.5. The minimum absolute atomic E-state index is 0.673. The third kappa shape index (κ3) is 7.61. The van der Waals surface area contributed by atoms with Gasteiger partial charge in [-0.2, -0.15) is 0 Å². The van der Waals surface area contributed by atoms with Gasteiger partial charge in [-0.3, -0.25) is 0 Å². The summed E-state index contributed by atoms with van der Waals surface area (Å²) in [6.45, 7) is 0. The van der Waals surface area contributed by atoms with Crippen molar-refractivity contribution >= 4 is 99.2 Å². The topological polar surface area (TPSA) is 28.9 Å². The fourth-order valence-electron chi connectivity index (χ4n) is 13.8. The zero-order valence-electron chi connectivity index (χ0n) is 45.8. The maximum absolute atomic E-state index is 7.36. The van der Waals surface area contributed by atoms with Crippen molar-refractivity contribution in [1.82, 2.24) is 0 Å². The van der Waals surface area contributed by atoms with Gasteiger partial charge < -0.3 is 19.0 Å². The molecule has 6 heteroatoms. The lowest BCUT2D eigenvalue weighted by Crippen LogP contribution is -2.32. The van der Waals surface area contributed by atoms with Crippen molar-refractivity contribution in [2.24, 2.45) is 0 Å². The summed E-state index contributed by atoms with van der Waals surface area (Å²) in [7, 11) is 0. The van der Waals surface area contributed by atoms with E-state index in [4.69, 9.17) is 20.8 Å². The Morgan fingerprint density at radius 3 is 1.66 bits per heavy atom. The summed E-state index contributed by atoms with van der Waals surface area (Å²) < 4.78 is 16.7. The zero-order chi connectivity index (χ0) is 56.2. The average molecular weight is 1130 g/mol. The summed E-state index contributed by atoms with van der Waals surface area (Å²) in [5.74, 6) is 1.63. The maximum atomic E-state index is 7.36. The summed E-state index contributed by atoms with van der Waals surface area (Å²) in [5.41, 5.74) is 20.4. The highest BCUT2D eigenvalue weighted by Gasteiger charge is 2.52. The molecule has 0 radical (unpaired) electrons. The molecule has 0 bridgehead atoms. The van der Waals surface area contributed by atoms with E-state index in [1.165, 1.54) is 31.3 Å². The molecular formula is C79H49ClN2O2S. The van der Waals surface area contributed by atoms with Gasteiger partial charge in [0.05, 0.1) is 22.2 Å². The van der Waals surface area contributed by atoms with Crippen LogP contribution in [0.2, 0.25) is 5.02 Å². The Morgan fingerprint density at radius 2 is 0.906 bits per heavy atom. The third-order valence-corrected chi connectivity index (χ3v) is 18.8. The lowest BCUT2D eigenvalue weighted by Gasteiger charge is -2.40. The molecule has 400 valence electrons. The van der Waals surface area contributed by atoms with E-state index >= 15 is 0 Å². The molecule has 0 saturated heterocycles. The Balaban J connectivity index is 0.858. The summed E-state index contributed by atoms with van der Waals surface area (Å²) in [6, 6.07) is 107. The molecule has 0 N–H and O–H groups in total. The van der Waals surface area contributed by atoms with Gasteiger partial charge in [0.2, 0.25) is 0 Å². The standard InChI is InChI=1S/C79H49ClN2O2S/c80-53-39-43-65-63(48-53)64-49-57(82(55-28-11-4-12-29-55)69-45-41-59(50-21-5-1-6-22-50)77-74(69)61-31-13-16-36-71(61)83-77)40-44-66(64)79(65)67-34-15-17-37-72(67)84-76-58(33-20-35-68(76)79)52-25-19-30-56(47-52)81(54-26-9-3-10-27-54)70-46-42-60(51-23-7-2-8-24-51)78-75(70)62-32-14-18-38-73(62)85-78/h1-49H. The smallest absolute Gasteiger partial charge is 0.145 e. The van der Waals surface area contributed by atoms with Crippen LogP contribution >= 0.6 is 22.9 Å². The SMILES string of the molecule is Clc1ccc2c(c1)-c1cc(N(c3ccccc3)c3ccc(-c4ccccc4)c4oc5ccccc5c34)ccc1C21c2ccccc2Oc2c(-c3cccc(N(c4ccccc4)c4ccc(-c5ccccc5)c5sc6ccccc6c45)c3)cccc21. The van der Waals surface area contributed by atoms with Crippen LogP contribution in [0, 0.1) is 0 Å². The molecule has 1 aliphatic carbocycles. The second-order valence-corrected chi connectivity index (χ2v) is 23.4. The van der Waals surface area contributed by atoms with Crippen molar-refractivity contribution in [3.63, 3.8) is 0 Å². The number of fused-ring (bicyclic) bond motifs is 15. The molecule has 2 aliphatic rings. The lowest BCUT2D eigenvalue weighted by molar-refractivity contribution is 0.438. The predicted molar refractivity (Wildman–Crippen MR) is 355 cm³/mol. The van der Waals surface area contributed by atoms with Crippen LogP contribution in [-0.4, -0.2) is 0 Å². The normalized spacial score (nSPS) is 13.8. The van der Waals surface area contributed by atoms with E-state index in [-0.39, 0.29) is 0 Å². The number of halogens is 1. The highest BCUT2D eigenvalue weighted by Crippen LogP contribution is 2.64. The first-order valence-corrected chi connectivity index (χ1v) is 29.9. The fraction of sp³-hybridized carbons (Fsp3) is 0.0127. The molecule has 13 aromatic carbocycles. The third-order valence-electron chi connectivity index (χ3n) is 17.4. The van der Waals surface area contributed by atoms with Gasteiger partial charge >= 0.3 is 0 Å². The quantitative estimate of drug-likeness (QED) is 0.144. The van der Waals surface area contributed by atoms with Crippen molar-refractivity contribution in [1.29, 1.82) is 0 Å². The van der Waals surface area contributed by atoms with E-state index in [9.17, 15) is 0 Å². The molecule has 1 aliphatic heterocycles. The van der Waals surface area contributed by atoms with Crippen LogP contribution in [0.1, 0.15) is 22.3 Å². The Bertz CT molecular complexity index is 5140. The Labute approximate surface area is 500 Å². The van der Waals surface area contributed by atoms with Gasteiger partial charge in [-0.1, -0.05) is 212 Å². The molecule has 0 amide bonds. The van der Waals surface area contributed by atoms with Gasteiger partial charge in [-0.05, 0) is 142 Å². The number of benzene rings is 13. The van der Waals surface area contributed by atoms with E-state index < -0.39 is 5.41 Å². The van der Waals surface area contributed by atoms with E-state index in [0.717, 1.165) is 123 Å². The highest BCUT2D eigenvalue weighted by molar-refractivity contribution is 7.26. The van der Waals surface area contributed by atoms with Crippen LogP contribution in [0.15, 0.2) is 302 Å². The average Bonchev–Trinajstić information content (AvgIpc) is 1.62. The van der Waals surface area contributed by atoms with Gasteiger partial charge in [0.15, 0.2) is 0 Å². The summed E-state index contributed by atoms with van der Waals surface area (Å²) in [5, 5.41) is 5.24. The van der Waals surface area contributed by atoms with E-state index in [0.29, 0.717) is 5.02 Å². The molecule has 2 aromatic heterocycles. The molecular weight excluding hydrogens is 1080 g/mol. The van der Waals surface area contributed by atoms with Gasteiger partial charge in [-0.25, -0.2) is 0 Å². The summed E-state index contributed by atoms with van der Waals surface area (Å²) in [6.07, 6.45) is 0. The van der Waals surface area contributed by atoms with Gasteiger partial charge in [-0.15, -0.1) is 11.3 Å². The summed E-state index contributed by atoms with van der Waals surface area (Å²) in [4.78, 5) is 4.81. The molecule has 15 aromatic rings. The number of thiophene rings is 1. The minimum atomic E-state index is -0.781. The molecule has 1 spiro atoms. The monoisotopic (exact) mass is 1120 g/mol. The van der Waals surface area contributed by atoms with E-state index in [1.807, 2.05) is 23.5 Å². The Morgan fingerprint density at radius 1 is 0.353 bits per heavy atom. The molecule has 4 nitrogen and oxygen atoms in total. The molecule has 1 atom stereocenters. The van der Waals surface area contributed by atoms with Crippen molar-refractivity contribution in [2.75, 3.05) is 9.80 Å². The van der Waals surface area contributed by atoms with Crippen molar-refractivity contribution < 1.29 is 9.15 Å². The van der Waals surface area contributed by atoms with Gasteiger partial charge in [0.1, 0.15) is 22.7 Å². The van der Waals surface area contributed by atoms with Crippen LogP contribution < -0.4 is 14.5 Å². The van der Waals surface area contributed by atoms with Crippen LogP contribution in [0.3, 0.4) is 0 Å². The van der Waals surface area contributed by atoms with Crippen molar-refractivity contribution in [3.05, 3.63) is 325 Å². The number of para-hydroxylation sites is 5. The maximum Gasteiger partial charge on any atom is 0.145 e. The number of rotatable bonds is 9. The molecule has 0 saturated carbocycles. The lowest BCUT2D eigenvalue weighted by atomic mass is 9.65. The number of hydrogen-bond donors (Lipinski definition) is 0. The number of hydrogen-bond acceptors (Lipinski definition) is 5. The fourth-order valence-corrected chi connectivity index (χ4v) is 15.2. The number of anilines is 6. The first-order valence-electron chi connectivity index (χ1n) is 28.7. The summed E-state index contributed by atoms with van der Waals surface area (Å²) >= 11 is 9.02. The number of ether oxygens (including phenoxy) is 1. The van der Waals surface area contributed by atoms with Crippen LogP contribution in [0.25, 0.3) is 86.6 Å². The van der Waals surface area contributed by atoms with Crippen molar-refractivity contribution in [3.8, 4) is 56.0 Å². The first kappa shape index (κ1) is 49.2. The molecule has 1 unspecified atom stereocenters. The van der Waals surface area contributed by atoms with Crippen LogP contribution in [0.4, 0.5) is 34.1 Å². The molecule has 0 fully saturated rings. The van der Waals surface area contributed by atoms with Gasteiger partial charge in [0, 0.05) is 75.6 Å². The molecule has 85 heavy (non-hydrogen) atoms. The van der Waals surface area contributed by atoms with E-state index in [1.54, 1.807) is 0 Å². The predicted octanol–water partition coefficient (Wildman–Crippen LogP) is 23.0. The van der Waals surface area contributed by atoms with Crippen LogP contribution in [0.5, 0.6) is 11.5 Å². The Kier molecular flexibility index (Phi) is 11.4. The Hall–Kier alpha value is -10.4. The number of nitrogens with zero attached hydrogens (tertiary/aromatic N) is 2. The first-order chi connectivity index (χ1) is 42.1. The largest absolute Gasteiger partial charge is 0.456 e. The molecule has 17 rings (SSSR count). The second-order valence-electron chi connectivity index (χ2n) is 21.9. The van der Waals surface area contributed by atoms with Crippen LogP contribution in [-0.2, 0) is 5.41 Å². The minimum Gasteiger partial charge on any atom is -0.456 e. The van der Waals surface area contributed by atoms with E-state index in [2.05, 4.69) is 295 Å².